The Kier molecular flexibility index (Phi) is 8.89. The molecule has 2 aliphatic heterocycles. The molecular weight excluding hydrogens is 838 g/mol. The number of rotatable bonds is 6. The number of carbonyl (C=O) groups is 4. The van der Waals surface area contributed by atoms with Crippen molar-refractivity contribution in [3.63, 3.8) is 0 Å². The molecule has 6 atom stereocenters. The number of fused-ring (bicyclic) bond motifs is 4. The van der Waals surface area contributed by atoms with E-state index in [-0.39, 0.29) is 40.5 Å². The fraction of sp³-hybridized carbons (Fsp3) is 0.231. The molecule has 0 unspecified atom stereocenters. The second kappa shape index (κ2) is 13.2. The number of alkyl halides is 2. The minimum atomic E-state index is -2.79. The van der Waals surface area contributed by atoms with Gasteiger partial charge in [-0.3, -0.25) is 24.1 Å². The highest BCUT2D eigenvalue weighted by Crippen LogP contribution is 2.67. The molecule has 16 heteroatoms. The molecule has 0 radical (unpaired) electrons. The highest BCUT2D eigenvalue weighted by Gasteiger charge is 2.77. The number of carbonyl (C=O) groups excluding carboxylic acids is 4. The third-order valence-corrected chi connectivity index (χ3v) is 12.8. The van der Waals surface area contributed by atoms with Crippen LogP contribution in [0, 0.1) is 46.8 Å². The van der Waals surface area contributed by atoms with Gasteiger partial charge in [-0.25, -0.2) is 26.9 Å². The summed E-state index contributed by atoms with van der Waals surface area (Å²) >= 11 is 17.7. The van der Waals surface area contributed by atoms with E-state index in [1.807, 2.05) is 18.2 Å². The van der Waals surface area contributed by atoms with E-state index in [4.69, 9.17) is 27.9 Å². The first kappa shape index (κ1) is 37.1. The van der Waals surface area contributed by atoms with Gasteiger partial charge in [0.05, 0.1) is 17.5 Å². The first-order valence-electron chi connectivity index (χ1n) is 16.7. The van der Waals surface area contributed by atoms with Crippen LogP contribution in [0.1, 0.15) is 29.9 Å². The Morgan fingerprint density at radius 3 is 2.05 bits per heavy atom. The lowest BCUT2D eigenvalue weighted by Gasteiger charge is -2.50. The number of benzene rings is 4. The van der Waals surface area contributed by atoms with Crippen LogP contribution in [0.4, 0.5) is 33.3 Å². The summed E-state index contributed by atoms with van der Waals surface area (Å²) in [6.07, 6.45) is 0.811. The molecule has 4 aliphatic rings. The molecule has 0 aromatic heterocycles. The van der Waals surface area contributed by atoms with Crippen molar-refractivity contribution in [2.45, 2.75) is 35.1 Å². The number of allylic oxidation sites excluding steroid dienone is 2. The summed E-state index contributed by atoms with van der Waals surface area (Å²) in [5.74, 6) is -22.2. The molecule has 1 saturated carbocycles. The molecule has 1 N–H and O–H groups in total. The van der Waals surface area contributed by atoms with Crippen molar-refractivity contribution in [1.82, 2.24) is 0 Å². The lowest BCUT2D eigenvalue weighted by Crippen LogP contribution is -2.60. The summed E-state index contributed by atoms with van der Waals surface area (Å²) in [4.78, 5) is 52.3. The number of imide groups is 2. The summed E-state index contributed by atoms with van der Waals surface area (Å²) in [6, 6.07) is 19.3. The number of phenolic OH excluding ortho intramolecular Hbond substituents is 1. The molecule has 2 aliphatic carbocycles. The first-order chi connectivity index (χ1) is 26.1. The van der Waals surface area contributed by atoms with E-state index in [9.17, 15) is 37.5 Å². The van der Waals surface area contributed by atoms with Crippen LogP contribution >= 0.6 is 39.1 Å². The zero-order valence-corrected chi connectivity index (χ0v) is 30.9. The average Bonchev–Trinajstić information content (AvgIpc) is 3.51. The topological polar surface area (TPSA) is 104 Å². The molecule has 2 heterocycles. The molecule has 4 aromatic carbocycles. The normalized spacial score (nSPS) is 27.2. The van der Waals surface area contributed by atoms with Gasteiger partial charge < -0.3 is 9.84 Å². The maximum absolute atomic E-state index is 15.3. The fourth-order valence-corrected chi connectivity index (χ4v) is 9.55. The van der Waals surface area contributed by atoms with Crippen molar-refractivity contribution in [1.29, 1.82) is 0 Å². The summed E-state index contributed by atoms with van der Waals surface area (Å²) in [5, 5.41) is 11.6. The van der Waals surface area contributed by atoms with Crippen molar-refractivity contribution >= 4 is 74.1 Å². The van der Waals surface area contributed by atoms with Crippen LogP contribution in [0.3, 0.4) is 0 Å². The maximum atomic E-state index is 15.3. The average molecular weight is 862 g/mol. The minimum Gasteiger partial charge on any atom is -0.508 e. The molecule has 3 fully saturated rings. The van der Waals surface area contributed by atoms with Gasteiger partial charge in [-0.1, -0.05) is 64.0 Å². The van der Waals surface area contributed by atoms with E-state index in [0.29, 0.717) is 4.47 Å². The van der Waals surface area contributed by atoms with E-state index in [0.717, 1.165) is 10.5 Å². The molecule has 55 heavy (non-hydrogen) atoms. The summed E-state index contributed by atoms with van der Waals surface area (Å²) in [6.45, 7) is 0.0957. The molecule has 8 nitrogen and oxygen atoms in total. The van der Waals surface area contributed by atoms with Crippen molar-refractivity contribution in [3.05, 3.63) is 129 Å². The Hall–Kier alpha value is -4.79. The van der Waals surface area contributed by atoms with E-state index in [1.165, 1.54) is 18.2 Å². The van der Waals surface area contributed by atoms with Gasteiger partial charge in [0.1, 0.15) is 23.8 Å². The quantitative estimate of drug-likeness (QED) is 0.0524. The number of anilines is 2. The van der Waals surface area contributed by atoms with Crippen LogP contribution in [0.15, 0.2) is 88.9 Å². The number of hydrogen-bond donors (Lipinski definition) is 1. The van der Waals surface area contributed by atoms with Crippen molar-refractivity contribution < 1.29 is 51.0 Å². The predicted molar refractivity (Wildman–Crippen MR) is 192 cm³/mol. The summed E-state index contributed by atoms with van der Waals surface area (Å²) in [7, 11) is 0. The monoisotopic (exact) mass is 860 g/mol. The lowest BCUT2D eigenvalue weighted by molar-refractivity contribution is -0.125. The van der Waals surface area contributed by atoms with Gasteiger partial charge in [-0.2, -0.15) is 0 Å². The van der Waals surface area contributed by atoms with Gasteiger partial charge in [0.2, 0.25) is 17.6 Å². The highest BCUT2D eigenvalue weighted by atomic mass is 79.9. The second-order valence-electron chi connectivity index (χ2n) is 13.7. The Bertz CT molecular complexity index is 2360. The van der Waals surface area contributed by atoms with Crippen LogP contribution in [0.25, 0.3) is 0 Å². The molecule has 0 spiro atoms. The van der Waals surface area contributed by atoms with Gasteiger partial charge in [-0.15, -0.1) is 23.2 Å². The molecular formula is C39H24BrCl2F5N2O6. The third kappa shape index (κ3) is 5.27. The number of ether oxygens (including phenoxy) is 1. The van der Waals surface area contributed by atoms with Crippen LogP contribution in [0.2, 0.25) is 0 Å². The van der Waals surface area contributed by atoms with Gasteiger partial charge in [0.25, 0.3) is 11.8 Å². The second-order valence-corrected chi connectivity index (χ2v) is 15.8. The number of nitrogens with zero attached hydrogens (tertiary/aromatic N) is 2. The Morgan fingerprint density at radius 1 is 0.782 bits per heavy atom. The number of amides is 4. The van der Waals surface area contributed by atoms with Gasteiger partial charge in [0.15, 0.2) is 33.0 Å². The lowest BCUT2D eigenvalue weighted by atomic mass is 9.56. The number of halogens is 8. The van der Waals surface area contributed by atoms with Crippen molar-refractivity contribution in [2.75, 3.05) is 9.80 Å². The van der Waals surface area contributed by atoms with Crippen molar-refractivity contribution in [2.24, 2.45) is 17.8 Å². The highest BCUT2D eigenvalue weighted by molar-refractivity contribution is 9.10. The number of hydrogen-bond acceptors (Lipinski definition) is 6. The largest absolute Gasteiger partial charge is 0.508 e. The van der Waals surface area contributed by atoms with Crippen LogP contribution in [-0.2, 0) is 25.8 Å². The first-order valence-corrected chi connectivity index (χ1v) is 18.3. The smallest absolute Gasteiger partial charge is 0.258 e. The Morgan fingerprint density at radius 2 is 1.42 bits per heavy atom. The summed E-state index contributed by atoms with van der Waals surface area (Å²) in [5.41, 5.74) is -0.784. The van der Waals surface area contributed by atoms with E-state index >= 15 is 8.78 Å². The van der Waals surface area contributed by atoms with Crippen molar-refractivity contribution in [3.8, 4) is 11.5 Å². The zero-order chi connectivity index (χ0) is 39.3. The molecule has 8 rings (SSSR count). The predicted octanol–water partition coefficient (Wildman–Crippen LogP) is 8.20. The third-order valence-electron chi connectivity index (χ3n) is 10.9. The molecule has 4 aromatic rings. The standard InChI is InChI=1S/C39H24BrCl2F5N2O6/c40-18-6-8-19(9-7-18)48-34(51)23-13-12-21-24(26(23)35(48)52)15-38(41)36(53)49(33-31(46)29(44)28(43)30(45)32(33)47)37(54)39(38,42)27(21)22-11-10-20(14-25(22)50)55-16-17-4-2-1-3-5-17/h1-12,14,23-24,26-27,50H,13,15-16H2/t23-,24+,26-,27+,38+,39-/m0/s1. The fourth-order valence-electron chi connectivity index (χ4n) is 8.36. The minimum absolute atomic E-state index is 0.0601. The number of phenols is 1. The van der Waals surface area contributed by atoms with Crippen LogP contribution < -0.4 is 14.5 Å². The summed E-state index contributed by atoms with van der Waals surface area (Å²) < 4.78 is 80.4. The van der Waals surface area contributed by atoms with Gasteiger partial charge in [-0.05, 0) is 54.7 Å². The van der Waals surface area contributed by atoms with E-state index < -0.39 is 104 Å². The van der Waals surface area contributed by atoms with Crippen LogP contribution in [-0.4, -0.2) is 38.5 Å². The van der Waals surface area contributed by atoms with Gasteiger partial charge >= 0.3 is 0 Å². The molecule has 4 amide bonds. The number of aromatic hydroxyl groups is 1. The van der Waals surface area contributed by atoms with Gasteiger partial charge in [0, 0.05) is 22.0 Å². The zero-order valence-electron chi connectivity index (χ0n) is 27.8. The van der Waals surface area contributed by atoms with Crippen LogP contribution in [0.5, 0.6) is 11.5 Å². The SMILES string of the molecule is O=C1[C@H]2[C@H](CC=C3[C@H]2C[C@@]2(Cl)C(=O)N(c4c(F)c(F)c(F)c(F)c4F)C(=O)[C@@]2(Cl)[C@H]3c2ccc(OCc3ccccc3)cc2O)C(=O)N1c1ccc(Br)cc1. The Labute approximate surface area is 327 Å². The molecule has 0 bridgehead atoms. The molecule has 2 saturated heterocycles. The maximum Gasteiger partial charge on any atom is 0.258 e. The van der Waals surface area contributed by atoms with E-state index in [2.05, 4.69) is 15.9 Å². The Balaban J connectivity index is 1.28. The molecule has 282 valence electrons. The van der Waals surface area contributed by atoms with E-state index in [1.54, 1.807) is 42.5 Å².